The summed E-state index contributed by atoms with van der Waals surface area (Å²) in [4.78, 5) is 0. The summed E-state index contributed by atoms with van der Waals surface area (Å²) < 4.78 is 0. The van der Waals surface area contributed by atoms with Crippen molar-refractivity contribution in [1.29, 1.82) is 0 Å². The Hall–Kier alpha value is -0.0400. The summed E-state index contributed by atoms with van der Waals surface area (Å²) in [5, 5.41) is 11.2. The molecule has 1 N–H and O–H groups in total. The van der Waals surface area contributed by atoms with Crippen LogP contribution >= 0.6 is 0 Å². The first-order valence-corrected chi connectivity index (χ1v) is 16.5. The highest BCUT2D eigenvalue weighted by Gasteiger charge is 2.45. The third-order valence-corrected chi connectivity index (χ3v) is 11.0. The zero-order chi connectivity index (χ0) is 28.2. The summed E-state index contributed by atoms with van der Waals surface area (Å²) in [5.74, 6) is 4.42. The molecule has 2 saturated carbocycles. The molecule has 4 unspecified atom stereocenters. The maximum Gasteiger partial charge on any atom is 0.0606 e. The van der Waals surface area contributed by atoms with Crippen molar-refractivity contribution in [3.63, 3.8) is 0 Å². The molecule has 220 valence electrons. The maximum absolute atomic E-state index is 11.2. The van der Waals surface area contributed by atoms with E-state index in [-0.39, 0.29) is 16.9 Å². The van der Waals surface area contributed by atoms with Crippen LogP contribution in [0.2, 0.25) is 0 Å². The third-order valence-electron chi connectivity index (χ3n) is 11.0. The normalized spacial score (nSPS) is 32.5. The molecule has 2 rings (SSSR count). The van der Waals surface area contributed by atoms with Crippen molar-refractivity contribution in [1.82, 2.24) is 0 Å². The monoisotopic (exact) mass is 519 g/mol. The first-order valence-electron chi connectivity index (χ1n) is 16.5. The molecule has 0 spiro atoms. The minimum Gasteiger partial charge on any atom is -0.393 e. The van der Waals surface area contributed by atoms with Crippen LogP contribution < -0.4 is 0 Å². The zero-order valence-corrected chi connectivity index (χ0v) is 27.7. The molecule has 0 amide bonds. The summed E-state index contributed by atoms with van der Waals surface area (Å²) in [6.45, 7) is 28.9. The number of rotatable bonds is 9. The fraction of sp³-hybridized carbons (Fsp3) is 1.00. The van der Waals surface area contributed by atoms with Gasteiger partial charge in [0.1, 0.15) is 0 Å². The predicted octanol–water partition coefficient (Wildman–Crippen LogP) is 11.3. The van der Waals surface area contributed by atoms with Crippen LogP contribution in [0, 0.1) is 57.2 Å². The van der Waals surface area contributed by atoms with Gasteiger partial charge in [0, 0.05) is 0 Å². The van der Waals surface area contributed by atoms with E-state index in [0.29, 0.717) is 22.7 Å². The smallest absolute Gasteiger partial charge is 0.0606 e. The second-order valence-electron chi connectivity index (χ2n) is 18.2. The Morgan fingerprint density at radius 3 is 1.08 bits per heavy atom. The molecule has 2 fully saturated rings. The van der Waals surface area contributed by atoms with Crippen molar-refractivity contribution in [3.05, 3.63) is 0 Å². The highest BCUT2D eigenvalue weighted by Crippen LogP contribution is 2.50. The molecule has 2 aliphatic rings. The lowest BCUT2D eigenvalue weighted by molar-refractivity contribution is -0.0847. The van der Waals surface area contributed by atoms with Crippen molar-refractivity contribution < 1.29 is 5.11 Å². The Labute approximate surface area is 234 Å². The van der Waals surface area contributed by atoms with Crippen molar-refractivity contribution in [2.45, 2.75) is 173 Å². The molecule has 0 radical (unpaired) electrons. The highest BCUT2D eigenvalue weighted by molar-refractivity contribution is 4.95. The molecule has 1 heteroatoms. The third kappa shape index (κ3) is 10.5. The van der Waals surface area contributed by atoms with Gasteiger partial charge in [0.2, 0.25) is 0 Å². The van der Waals surface area contributed by atoms with Gasteiger partial charge < -0.3 is 5.11 Å². The first kappa shape index (κ1) is 33.2. The van der Waals surface area contributed by atoms with Crippen molar-refractivity contribution in [2.24, 2.45) is 57.2 Å². The van der Waals surface area contributed by atoms with Crippen molar-refractivity contribution in [3.8, 4) is 0 Å². The Balaban J connectivity index is 1.70. The average Bonchev–Trinajstić information content (AvgIpc) is 2.73. The molecule has 0 saturated heterocycles. The standard InChI is InChI=1S/C36H70O/c1-33(2,3)28-21-26(22-29(25-28)34(4,5)6)19-17-15-13-14-16-18-20-27-23-30(35(7,8)9)32(37)31(24-27)36(10,11)12/h26-32,37H,13-25H2,1-12H3. The van der Waals surface area contributed by atoms with Gasteiger partial charge in [0.15, 0.2) is 0 Å². The molecule has 0 heterocycles. The highest BCUT2D eigenvalue weighted by atomic mass is 16.3. The molecule has 0 aromatic rings. The molecular formula is C36H70O. The summed E-state index contributed by atoms with van der Waals surface area (Å²) in [6.07, 6.45) is 18.0. The lowest BCUT2D eigenvalue weighted by Gasteiger charge is -2.49. The minimum atomic E-state index is -0.141. The molecule has 1 nitrogen and oxygen atoms in total. The van der Waals surface area contributed by atoms with E-state index in [1.165, 1.54) is 83.5 Å². The lowest BCUT2D eigenvalue weighted by atomic mass is 9.58. The van der Waals surface area contributed by atoms with E-state index >= 15 is 0 Å². The van der Waals surface area contributed by atoms with Crippen molar-refractivity contribution >= 4 is 0 Å². The summed E-state index contributed by atoms with van der Waals surface area (Å²) in [7, 11) is 0. The van der Waals surface area contributed by atoms with E-state index in [1.54, 1.807) is 0 Å². The lowest BCUT2D eigenvalue weighted by Crippen LogP contribution is -2.47. The molecule has 4 atom stereocenters. The number of aliphatic hydroxyl groups excluding tert-OH is 1. The first-order chi connectivity index (χ1) is 16.8. The van der Waals surface area contributed by atoms with Crippen LogP contribution in [0.1, 0.15) is 167 Å². The number of unbranched alkanes of at least 4 members (excludes halogenated alkanes) is 5. The molecule has 0 aliphatic heterocycles. The van der Waals surface area contributed by atoms with Gasteiger partial charge in [-0.05, 0) is 89.3 Å². The summed E-state index contributed by atoms with van der Waals surface area (Å²) in [5.41, 5.74) is 1.30. The SMILES string of the molecule is CC(C)(C)C1CC(CCCCCCCCC2CC(C(C)(C)C)C(O)C(C(C)(C)C)C2)CC(C(C)(C)C)C1. The van der Waals surface area contributed by atoms with E-state index in [1.807, 2.05) is 0 Å². The quantitative estimate of drug-likeness (QED) is 0.301. The van der Waals surface area contributed by atoms with Crippen LogP contribution in [0.25, 0.3) is 0 Å². The van der Waals surface area contributed by atoms with E-state index in [0.717, 1.165) is 23.7 Å². The topological polar surface area (TPSA) is 20.2 Å². The molecule has 37 heavy (non-hydrogen) atoms. The largest absolute Gasteiger partial charge is 0.393 e. The van der Waals surface area contributed by atoms with Crippen LogP contribution in [0.15, 0.2) is 0 Å². The Kier molecular flexibility index (Phi) is 11.7. The number of hydrogen-bond donors (Lipinski definition) is 1. The van der Waals surface area contributed by atoms with Gasteiger partial charge in [0.05, 0.1) is 6.10 Å². The van der Waals surface area contributed by atoms with Crippen LogP contribution in [-0.4, -0.2) is 11.2 Å². The Bertz CT molecular complexity index is 602. The van der Waals surface area contributed by atoms with E-state index in [4.69, 9.17) is 0 Å². The van der Waals surface area contributed by atoms with Crippen LogP contribution in [0.3, 0.4) is 0 Å². The molecule has 0 bridgehead atoms. The van der Waals surface area contributed by atoms with E-state index in [9.17, 15) is 5.11 Å². The van der Waals surface area contributed by atoms with Crippen molar-refractivity contribution in [2.75, 3.05) is 0 Å². The van der Waals surface area contributed by atoms with Gasteiger partial charge in [-0.3, -0.25) is 0 Å². The van der Waals surface area contributed by atoms with E-state index < -0.39 is 0 Å². The van der Waals surface area contributed by atoms with Crippen LogP contribution in [-0.2, 0) is 0 Å². The Morgan fingerprint density at radius 2 is 0.757 bits per heavy atom. The van der Waals surface area contributed by atoms with E-state index in [2.05, 4.69) is 83.1 Å². The van der Waals surface area contributed by atoms with Crippen LogP contribution in [0.5, 0.6) is 0 Å². The molecule has 2 aliphatic carbocycles. The van der Waals surface area contributed by atoms with Gasteiger partial charge in [-0.2, -0.15) is 0 Å². The number of hydrogen-bond acceptors (Lipinski definition) is 1. The van der Waals surface area contributed by atoms with Crippen LogP contribution in [0.4, 0.5) is 0 Å². The van der Waals surface area contributed by atoms with Gasteiger partial charge in [-0.25, -0.2) is 0 Å². The average molecular weight is 519 g/mol. The second kappa shape index (κ2) is 13.1. The molecular weight excluding hydrogens is 448 g/mol. The van der Waals surface area contributed by atoms with Gasteiger partial charge in [-0.15, -0.1) is 0 Å². The van der Waals surface area contributed by atoms with Gasteiger partial charge >= 0.3 is 0 Å². The van der Waals surface area contributed by atoms with Gasteiger partial charge in [0.25, 0.3) is 0 Å². The zero-order valence-electron chi connectivity index (χ0n) is 27.7. The fourth-order valence-electron chi connectivity index (χ4n) is 8.00. The minimum absolute atomic E-state index is 0.141. The maximum atomic E-state index is 11.2. The molecule has 0 aromatic heterocycles. The number of aliphatic hydroxyl groups is 1. The fourth-order valence-corrected chi connectivity index (χ4v) is 8.00. The Morgan fingerprint density at radius 1 is 0.432 bits per heavy atom. The summed E-state index contributed by atoms with van der Waals surface area (Å²) >= 11 is 0. The molecule has 0 aromatic carbocycles. The van der Waals surface area contributed by atoms with Gasteiger partial charge in [-0.1, -0.05) is 134 Å². The summed E-state index contributed by atoms with van der Waals surface area (Å²) in [6, 6.07) is 0. The predicted molar refractivity (Wildman–Crippen MR) is 165 cm³/mol. The second-order valence-corrected chi connectivity index (χ2v) is 18.2.